The highest BCUT2D eigenvalue weighted by Gasteiger charge is 2.30. The van der Waals surface area contributed by atoms with E-state index in [4.69, 9.17) is 4.74 Å². The Labute approximate surface area is 165 Å². The van der Waals surface area contributed by atoms with Crippen LogP contribution in [0.2, 0.25) is 0 Å². The summed E-state index contributed by atoms with van der Waals surface area (Å²) in [6.45, 7) is 5.98. The Hall–Kier alpha value is -2.86. The van der Waals surface area contributed by atoms with Crippen LogP contribution < -0.4 is 9.64 Å². The number of aryl methyl sites for hydroxylation is 1. The monoisotopic (exact) mass is 379 g/mol. The lowest BCUT2D eigenvalue weighted by Crippen LogP contribution is -2.52. The summed E-state index contributed by atoms with van der Waals surface area (Å²) >= 11 is 0. The van der Waals surface area contributed by atoms with Crippen LogP contribution in [-0.4, -0.2) is 60.9 Å². The Morgan fingerprint density at radius 2 is 1.79 bits per heavy atom. The fraction of sp³-hybridized carbons (Fsp3) is 0.364. The average Bonchev–Trinajstić information content (AvgIpc) is 2.71. The molecule has 0 aliphatic carbocycles. The number of carbonyl (C=O) groups excluding carboxylic acids is 2. The molecule has 2 amide bonds. The van der Waals surface area contributed by atoms with Crippen LogP contribution in [0.15, 0.2) is 48.5 Å². The third kappa shape index (κ3) is 4.02. The van der Waals surface area contributed by atoms with Gasteiger partial charge in [-0.2, -0.15) is 0 Å². The zero-order valence-electron chi connectivity index (χ0n) is 16.1. The van der Waals surface area contributed by atoms with Gasteiger partial charge < -0.3 is 9.64 Å². The molecule has 146 valence electrons. The maximum atomic E-state index is 12.8. The third-order valence-electron chi connectivity index (χ3n) is 5.33. The molecule has 6 nitrogen and oxygen atoms in total. The van der Waals surface area contributed by atoms with Gasteiger partial charge in [-0.05, 0) is 30.2 Å². The van der Waals surface area contributed by atoms with Gasteiger partial charge in [-0.15, -0.1) is 0 Å². The maximum absolute atomic E-state index is 12.8. The summed E-state index contributed by atoms with van der Waals surface area (Å²) in [4.78, 5) is 30.9. The number of hydrogen-bond donors (Lipinski definition) is 0. The molecule has 2 heterocycles. The van der Waals surface area contributed by atoms with Gasteiger partial charge in [0.25, 0.3) is 5.91 Å². The summed E-state index contributed by atoms with van der Waals surface area (Å²) in [6, 6.07) is 16.1. The van der Waals surface area contributed by atoms with Crippen LogP contribution in [-0.2, 0) is 16.1 Å². The van der Waals surface area contributed by atoms with Crippen molar-refractivity contribution in [1.82, 2.24) is 9.80 Å². The Morgan fingerprint density at radius 3 is 2.54 bits per heavy atom. The maximum Gasteiger partial charge on any atom is 0.265 e. The number of piperazine rings is 1. The van der Waals surface area contributed by atoms with Crippen LogP contribution >= 0.6 is 0 Å². The van der Waals surface area contributed by atoms with E-state index in [2.05, 4.69) is 17.0 Å². The van der Waals surface area contributed by atoms with Crippen molar-refractivity contribution in [2.75, 3.05) is 44.2 Å². The van der Waals surface area contributed by atoms with Crippen LogP contribution in [0.3, 0.4) is 0 Å². The highest BCUT2D eigenvalue weighted by atomic mass is 16.5. The van der Waals surface area contributed by atoms with Gasteiger partial charge in [0.15, 0.2) is 6.61 Å². The highest BCUT2D eigenvalue weighted by molar-refractivity contribution is 6.02. The molecular formula is C22H25N3O3. The first-order valence-corrected chi connectivity index (χ1v) is 9.68. The van der Waals surface area contributed by atoms with Crippen molar-refractivity contribution >= 4 is 17.5 Å². The molecule has 0 aromatic heterocycles. The van der Waals surface area contributed by atoms with Gasteiger partial charge in [0.2, 0.25) is 5.91 Å². The summed E-state index contributed by atoms with van der Waals surface area (Å²) in [5.41, 5.74) is 3.03. The van der Waals surface area contributed by atoms with Gasteiger partial charge >= 0.3 is 0 Å². The zero-order valence-corrected chi connectivity index (χ0v) is 16.1. The van der Waals surface area contributed by atoms with Crippen molar-refractivity contribution in [2.24, 2.45) is 0 Å². The van der Waals surface area contributed by atoms with Crippen molar-refractivity contribution in [3.05, 3.63) is 59.7 Å². The summed E-state index contributed by atoms with van der Waals surface area (Å²) < 4.78 is 5.52. The van der Waals surface area contributed by atoms with E-state index in [1.54, 1.807) is 4.90 Å². The van der Waals surface area contributed by atoms with Gasteiger partial charge in [0.05, 0.1) is 5.69 Å². The molecule has 0 radical (unpaired) electrons. The smallest absolute Gasteiger partial charge is 0.265 e. The summed E-state index contributed by atoms with van der Waals surface area (Å²) in [7, 11) is 0. The topological polar surface area (TPSA) is 53.1 Å². The molecule has 4 rings (SSSR count). The van der Waals surface area contributed by atoms with E-state index in [1.165, 1.54) is 5.56 Å². The summed E-state index contributed by atoms with van der Waals surface area (Å²) in [5, 5.41) is 0. The first-order valence-electron chi connectivity index (χ1n) is 9.68. The number of nitrogens with zero attached hydrogens (tertiary/aromatic N) is 3. The van der Waals surface area contributed by atoms with E-state index < -0.39 is 0 Å². The Balaban J connectivity index is 1.35. The second-order valence-corrected chi connectivity index (χ2v) is 7.38. The minimum absolute atomic E-state index is 0.0128. The molecule has 0 unspecified atom stereocenters. The van der Waals surface area contributed by atoms with E-state index in [1.807, 2.05) is 48.2 Å². The van der Waals surface area contributed by atoms with Crippen LogP contribution in [0.5, 0.6) is 5.75 Å². The van der Waals surface area contributed by atoms with Crippen molar-refractivity contribution in [2.45, 2.75) is 13.5 Å². The fourth-order valence-corrected chi connectivity index (χ4v) is 3.72. The Kier molecular flexibility index (Phi) is 5.30. The molecule has 2 aliphatic heterocycles. The van der Waals surface area contributed by atoms with E-state index in [0.717, 1.165) is 25.2 Å². The summed E-state index contributed by atoms with van der Waals surface area (Å²) in [5.74, 6) is 0.480. The van der Waals surface area contributed by atoms with Gasteiger partial charge in [0, 0.05) is 32.7 Å². The number of fused-ring (bicyclic) bond motifs is 1. The van der Waals surface area contributed by atoms with Crippen LogP contribution in [0.1, 0.15) is 11.1 Å². The highest BCUT2D eigenvalue weighted by Crippen LogP contribution is 2.32. The molecule has 2 aliphatic rings. The number of ether oxygens (including phenoxy) is 1. The zero-order chi connectivity index (χ0) is 19.5. The first-order chi connectivity index (χ1) is 13.6. The predicted molar refractivity (Wildman–Crippen MR) is 107 cm³/mol. The van der Waals surface area contributed by atoms with E-state index in [0.29, 0.717) is 24.5 Å². The predicted octanol–water partition coefficient (Wildman–Crippen LogP) is 2.06. The largest absolute Gasteiger partial charge is 0.482 e. The van der Waals surface area contributed by atoms with Gasteiger partial charge in [0.1, 0.15) is 12.3 Å². The molecule has 6 heteroatoms. The molecule has 2 aromatic rings. The summed E-state index contributed by atoms with van der Waals surface area (Å²) in [6.07, 6.45) is 0. The van der Waals surface area contributed by atoms with E-state index in [-0.39, 0.29) is 25.0 Å². The normalized spacial score (nSPS) is 17.2. The molecule has 1 fully saturated rings. The number of amides is 2. The number of carbonyl (C=O) groups is 2. The van der Waals surface area contributed by atoms with Crippen molar-refractivity contribution in [1.29, 1.82) is 0 Å². The Bertz CT molecular complexity index is 861. The average molecular weight is 379 g/mol. The molecule has 0 N–H and O–H groups in total. The van der Waals surface area contributed by atoms with Crippen molar-refractivity contribution in [3.63, 3.8) is 0 Å². The molecule has 0 atom stereocenters. The lowest BCUT2D eigenvalue weighted by molar-refractivity contribution is -0.133. The van der Waals surface area contributed by atoms with Gasteiger partial charge in [-0.3, -0.25) is 19.4 Å². The third-order valence-corrected chi connectivity index (χ3v) is 5.33. The quantitative estimate of drug-likeness (QED) is 0.816. The van der Waals surface area contributed by atoms with E-state index >= 15 is 0 Å². The fourth-order valence-electron chi connectivity index (χ4n) is 3.72. The molecule has 28 heavy (non-hydrogen) atoms. The second-order valence-electron chi connectivity index (χ2n) is 7.38. The van der Waals surface area contributed by atoms with Gasteiger partial charge in [-0.1, -0.05) is 36.4 Å². The van der Waals surface area contributed by atoms with Crippen LogP contribution in [0, 0.1) is 6.92 Å². The molecule has 1 saturated heterocycles. The molecule has 0 bridgehead atoms. The number of benzene rings is 2. The number of anilines is 1. The minimum atomic E-state index is -0.174. The second kappa shape index (κ2) is 8.02. The molecular weight excluding hydrogens is 354 g/mol. The number of hydrogen-bond acceptors (Lipinski definition) is 4. The standard InChI is InChI=1S/C22H25N3O3/c1-17-7-8-19-20(13-17)28-16-22(27)25(19)15-21(26)24-11-9-23(10-12-24)14-18-5-3-2-4-6-18/h2-8,13H,9-12,14-16H2,1H3. The van der Waals surface area contributed by atoms with Crippen LogP contribution in [0.25, 0.3) is 0 Å². The first kappa shape index (κ1) is 18.5. The molecule has 0 spiro atoms. The van der Waals surface area contributed by atoms with Crippen LogP contribution in [0.4, 0.5) is 5.69 Å². The lowest BCUT2D eigenvalue weighted by Gasteiger charge is -2.36. The van der Waals surface area contributed by atoms with Crippen molar-refractivity contribution in [3.8, 4) is 5.75 Å². The number of rotatable bonds is 4. The molecule has 2 aromatic carbocycles. The Morgan fingerprint density at radius 1 is 1.04 bits per heavy atom. The lowest BCUT2D eigenvalue weighted by atomic mass is 10.1. The van der Waals surface area contributed by atoms with E-state index in [9.17, 15) is 9.59 Å². The SMILES string of the molecule is Cc1ccc2c(c1)OCC(=O)N2CC(=O)N1CCN(Cc2ccccc2)CC1. The van der Waals surface area contributed by atoms with Crippen molar-refractivity contribution < 1.29 is 14.3 Å². The molecule has 0 saturated carbocycles. The van der Waals surface area contributed by atoms with Gasteiger partial charge in [-0.25, -0.2) is 0 Å². The minimum Gasteiger partial charge on any atom is -0.482 e.